The van der Waals surface area contributed by atoms with E-state index in [1.165, 1.54) is 18.7 Å². The Bertz CT molecular complexity index is 595. The van der Waals surface area contributed by atoms with Crippen LogP contribution in [0.1, 0.15) is 61.0 Å². The molecular formula is C17H21N3O. The third-order valence-electron chi connectivity index (χ3n) is 3.43. The fraction of sp³-hybridized carbons (Fsp3) is 0.353. The van der Waals surface area contributed by atoms with Crippen LogP contribution in [0.2, 0.25) is 0 Å². The number of carbonyl (C=O) groups excluding carboxylic acids is 1. The number of aromatic nitrogens is 2. The summed E-state index contributed by atoms with van der Waals surface area (Å²) < 4.78 is 0. The highest BCUT2D eigenvalue weighted by Crippen LogP contribution is 2.32. The molecule has 0 spiro atoms. The highest BCUT2D eigenvalue weighted by atomic mass is 16.1. The molecule has 2 aromatic rings. The van der Waals surface area contributed by atoms with E-state index in [2.05, 4.69) is 55.1 Å². The number of carbonyl (C=O) groups is 1. The molecule has 0 fully saturated rings. The van der Waals surface area contributed by atoms with Crippen LogP contribution in [0.25, 0.3) is 0 Å². The largest absolute Gasteiger partial charge is 0.321 e. The molecule has 1 heterocycles. The number of nitrogens with zero attached hydrogens (tertiary/aromatic N) is 2. The van der Waals surface area contributed by atoms with Gasteiger partial charge in [0.2, 0.25) is 0 Å². The minimum Gasteiger partial charge on any atom is -0.321 e. The lowest BCUT2D eigenvalue weighted by molar-refractivity contribution is 0.102. The molecule has 21 heavy (non-hydrogen) atoms. The standard InChI is InChI=1S/C17H21N3O/c1-11(2)14-6-5-7-15(12(3)4)16(14)20-17(21)13-8-18-10-19-9-13/h5-12H,1-4H3,(H,20,21). The Hall–Kier alpha value is -2.23. The van der Waals surface area contributed by atoms with Crippen molar-refractivity contribution >= 4 is 11.6 Å². The van der Waals surface area contributed by atoms with Gasteiger partial charge in [0, 0.05) is 18.1 Å². The second kappa shape index (κ2) is 6.48. The van der Waals surface area contributed by atoms with Gasteiger partial charge in [-0.3, -0.25) is 4.79 Å². The molecule has 1 aromatic heterocycles. The number of benzene rings is 1. The number of anilines is 1. The summed E-state index contributed by atoms with van der Waals surface area (Å²) in [5.74, 6) is 0.502. The number of para-hydroxylation sites is 1. The second-order valence-corrected chi connectivity index (χ2v) is 5.70. The Morgan fingerprint density at radius 3 is 2.00 bits per heavy atom. The fourth-order valence-corrected chi connectivity index (χ4v) is 2.30. The second-order valence-electron chi connectivity index (χ2n) is 5.70. The van der Waals surface area contributed by atoms with Crippen LogP contribution in [0.4, 0.5) is 5.69 Å². The first kappa shape index (κ1) is 15.2. The van der Waals surface area contributed by atoms with Gasteiger partial charge in [-0.15, -0.1) is 0 Å². The third-order valence-corrected chi connectivity index (χ3v) is 3.43. The Balaban J connectivity index is 2.40. The minimum absolute atomic E-state index is 0.175. The van der Waals surface area contributed by atoms with E-state index in [0.29, 0.717) is 17.4 Å². The first-order valence-electron chi connectivity index (χ1n) is 7.20. The molecule has 0 aliphatic carbocycles. The lowest BCUT2D eigenvalue weighted by Gasteiger charge is -2.20. The minimum atomic E-state index is -0.175. The average Bonchev–Trinajstić information content (AvgIpc) is 2.47. The topological polar surface area (TPSA) is 54.9 Å². The lowest BCUT2D eigenvalue weighted by atomic mass is 9.92. The van der Waals surface area contributed by atoms with Crippen LogP contribution in [0.5, 0.6) is 0 Å². The molecule has 0 aliphatic rings. The van der Waals surface area contributed by atoms with Crippen LogP contribution in [-0.4, -0.2) is 15.9 Å². The van der Waals surface area contributed by atoms with E-state index in [9.17, 15) is 4.79 Å². The van der Waals surface area contributed by atoms with Crippen molar-refractivity contribution in [3.8, 4) is 0 Å². The first-order chi connectivity index (χ1) is 10.0. The molecule has 4 nitrogen and oxygen atoms in total. The van der Waals surface area contributed by atoms with Crippen LogP contribution >= 0.6 is 0 Å². The van der Waals surface area contributed by atoms with Gasteiger partial charge in [-0.1, -0.05) is 45.9 Å². The number of hydrogen-bond donors (Lipinski definition) is 1. The summed E-state index contributed by atoms with van der Waals surface area (Å²) in [7, 11) is 0. The number of hydrogen-bond acceptors (Lipinski definition) is 3. The molecule has 0 bridgehead atoms. The van der Waals surface area contributed by atoms with Gasteiger partial charge in [0.05, 0.1) is 5.56 Å². The first-order valence-corrected chi connectivity index (χ1v) is 7.20. The van der Waals surface area contributed by atoms with Crippen LogP contribution in [0.3, 0.4) is 0 Å². The van der Waals surface area contributed by atoms with E-state index in [0.717, 1.165) is 16.8 Å². The SMILES string of the molecule is CC(C)c1cccc(C(C)C)c1NC(=O)c1cncnc1. The van der Waals surface area contributed by atoms with Crippen molar-refractivity contribution < 1.29 is 4.79 Å². The molecule has 1 aromatic carbocycles. The van der Waals surface area contributed by atoms with Crippen molar-refractivity contribution in [3.63, 3.8) is 0 Å². The van der Waals surface area contributed by atoms with E-state index in [4.69, 9.17) is 0 Å². The number of amides is 1. The zero-order valence-electron chi connectivity index (χ0n) is 12.9. The predicted molar refractivity (Wildman–Crippen MR) is 84.6 cm³/mol. The molecule has 110 valence electrons. The van der Waals surface area contributed by atoms with Crippen molar-refractivity contribution in [2.24, 2.45) is 0 Å². The molecule has 0 atom stereocenters. The summed E-state index contributed by atoms with van der Waals surface area (Å²) >= 11 is 0. The summed E-state index contributed by atoms with van der Waals surface area (Å²) in [6.45, 7) is 8.50. The van der Waals surface area contributed by atoms with Gasteiger partial charge in [-0.25, -0.2) is 9.97 Å². The maximum Gasteiger partial charge on any atom is 0.258 e. The zero-order valence-corrected chi connectivity index (χ0v) is 12.9. The number of nitrogens with one attached hydrogen (secondary N) is 1. The summed E-state index contributed by atoms with van der Waals surface area (Å²) in [5.41, 5.74) is 3.67. The quantitative estimate of drug-likeness (QED) is 0.923. The molecule has 0 aliphatic heterocycles. The zero-order chi connectivity index (χ0) is 15.4. The maximum absolute atomic E-state index is 12.4. The molecule has 0 unspecified atom stereocenters. The molecular weight excluding hydrogens is 262 g/mol. The summed E-state index contributed by atoms with van der Waals surface area (Å²) in [5, 5.41) is 3.04. The van der Waals surface area contributed by atoms with Crippen molar-refractivity contribution in [1.82, 2.24) is 9.97 Å². The Morgan fingerprint density at radius 1 is 1.00 bits per heavy atom. The van der Waals surface area contributed by atoms with Gasteiger partial charge in [-0.2, -0.15) is 0 Å². The van der Waals surface area contributed by atoms with Crippen LogP contribution in [-0.2, 0) is 0 Å². The van der Waals surface area contributed by atoms with Crippen LogP contribution in [0.15, 0.2) is 36.9 Å². The van der Waals surface area contributed by atoms with E-state index in [1.54, 1.807) is 0 Å². The van der Waals surface area contributed by atoms with Gasteiger partial charge >= 0.3 is 0 Å². The normalized spacial score (nSPS) is 11.0. The number of rotatable bonds is 4. The van der Waals surface area contributed by atoms with E-state index in [-0.39, 0.29) is 5.91 Å². The molecule has 1 amide bonds. The van der Waals surface area contributed by atoms with Gasteiger partial charge in [0.25, 0.3) is 5.91 Å². The van der Waals surface area contributed by atoms with Crippen molar-refractivity contribution in [2.75, 3.05) is 5.32 Å². The third kappa shape index (κ3) is 3.45. The monoisotopic (exact) mass is 283 g/mol. The molecule has 0 saturated carbocycles. The maximum atomic E-state index is 12.4. The van der Waals surface area contributed by atoms with Crippen molar-refractivity contribution in [2.45, 2.75) is 39.5 Å². The van der Waals surface area contributed by atoms with Gasteiger partial charge < -0.3 is 5.32 Å². The van der Waals surface area contributed by atoms with E-state index < -0.39 is 0 Å². The summed E-state index contributed by atoms with van der Waals surface area (Å²) in [6.07, 6.45) is 4.46. The summed E-state index contributed by atoms with van der Waals surface area (Å²) in [4.78, 5) is 20.2. The molecule has 0 radical (unpaired) electrons. The highest BCUT2D eigenvalue weighted by Gasteiger charge is 2.16. The molecule has 0 saturated heterocycles. The summed E-state index contributed by atoms with van der Waals surface area (Å²) in [6, 6.07) is 6.17. The van der Waals surface area contributed by atoms with Crippen molar-refractivity contribution in [3.05, 3.63) is 53.6 Å². The average molecular weight is 283 g/mol. The highest BCUT2D eigenvalue weighted by molar-refractivity contribution is 6.04. The van der Waals surface area contributed by atoms with E-state index >= 15 is 0 Å². The Kier molecular flexibility index (Phi) is 4.68. The van der Waals surface area contributed by atoms with Crippen molar-refractivity contribution in [1.29, 1.82) is 0 Å². The van der Waals surface area contributed by atoms with E-state index in [1.807, 2.05) is 6.07 Å². The van der Waals surface area contributed by atoms with Gasteiger partial charge in [-0.05, 0) is 23.0 Å². The molecule has 4 heteroatoms. The molecule has 2 rings (SSSR count). The smallest absolute Gasteiger partial charge is 0.258 e. The lowest BCUT2D eigenvalue weighted by Crippen LogP contribution is -2.16. The Labute approximate surface area is 125 Å². The van der Waals surface area contributed by atoms with Crippen LogP contribution < -0.4 is 5.32 Å². The molecule has 1 N–H and O–H groups in total. The van der Waals surface area contributed by atoms with Crippen LogP contribution in [0, 0.1) is 0 Å². The predicted octanol–water partition coefficient (Wildman–Crippen LogP) is 3.98. The van der Waals surface area contributed by atoms with Gasteiger partial charge in [0.15, 0.2) is 0 Å². The Morgan fingerprint density at radius 2 is 1.52 bits per heavy atom. The fourth-order valence-electron chi connectivity index (χ4n) is 2.30. The van der Waals surface area contributed by atoms with Gasteiger partial charge in [0.1, 0.15) is 6.33 Å².